The number of fused-ring (bicyclic) bond motifs is 2. The van der Waals surface area contributed by atoms with E-state index in [9.17, 15) is 13.5 Å². The predicted octanol–water partition coefficient (Wildman–Crippen LogP) is 2.70. The van der Waals surface area contributed by atoms with E-state index in [2.05, 4.69) is 19.6 Å². The van der Waals surface area contributed by atoms with Gasteiger partial charge in [0.2, 0.25) is 10.0 Å². The van der Waals surface area contributed by atoms with E-state index < -0.39 is 10.0 Å². The number of H-pyrrole nitrogens is 2. The van der Waals surface area contributed by atoms with Gasteiger partial charge in [-0.15, -0.1) is 0 Å². The van der Waals surface area contributed by atoms with Gasteiger partial charge in [0.05, 0.1) is 5.75 Å². The molecule has 0 unspecified atom stereocenters. The highest BCUT2D eigenvalue weighted by Gasteiger charge is 2.11. The third kappa shape index (κ3) is 6.58. The smallest absolute Gasteiger partial charge is 0.215 e. The predicted molar refractivity (Wildman–Crippen MR) is 135 cm³/mol. The molecule has 2 heterocycles. The lowest BCUT2D eigenvalue weighted by Crippen LogP contribution is -2.20. The fraction of sp³-hybridized carbons (Fsp3) is 0.333. The van der Waals surface area contributed by atoms with Crippen LogP contribution in [0.25, 0.3) is 21.8 Å². The lowest BCUT2D eigenvalue weighted by molar-refractivity contribution is 0.414. The number of nitrogens with two attached hydrogens (primary N) is 1. The minimum Gasteiger partial charge on any atom is -0.508 e. The van der Waals surface area contributed by atoms with Crippen LogP contribution in [0.4, 0.5) is 0 Å². The van der Waals surface area contributed by atoms with E-state index >= 15 is 0 Å². The third-order valence-electron chi connectivity index (χ3n) is 5.49. The minimum atomic E-state index is -3.23. The number of aromatic nitrogens is 2. The molecule has 6 N–H and O–H groups in total. The van der Waals surface area contributed by atoms with Crippen molar-refractivity contribution in [1.82, 2.24) is 19.6 Å². The number of sulfonamides is 1. The standard InChI is InChI=1S/C14H21N3O2S.C10H12N2O/c1-15-20(18,19)10-11-4-5-14-13(8-11)12(9-16-14)6-7-17(2)3;11-4-3-7-6-12-10-2-1-8(13)5-9(7)10/h4-5,8-9,15-16H,6-7,10H2,1-3H3;1-2,5-6,12-13H,3-4,11H2. The summed E-state index contributed by atoms with van der Waals surface area (Å²) < 4.78 is 25.6. The number of phenols is 1. The molecule has 0 aliphatic carbocycles. The maximum atomic E-state index is 11.6. The van der Waals surface area contributed by atoms with Gasteiger partial charge >= 0.3 is 0 Å². The van der Waals surface area contributed by atoms with Crippen LogP contribution in [-0.2, 0) is 28.6 Å². The van der Waals surface area contributed by atoms with Crippen molar-refractivity contribution in [1.29, 1.82) is 0 Å². The molecule has 0 aliphatic heterocycles. The zero-order valence-electron chi connectivity index (χ0n) is 19.4. The van der Waals surface area contributed by atoms with Gasteiger partial charge in [0.15, 0.2) is 0 Å². The van der Waals surface area contributed by atoms with Gasteiger partial charge in [-0.1, -0.05) is 6.07 Å². The molecule has 0 amide bonds. The Labute approximate surface area is 194 Å². The molecule has 0 aliphatic rings. The number of phenolic OH excluding ortho intramolecular Hbond substituents is 1. The molecular weight excluding hydrogens is 438 g/mol. The Balaban J connectivity index is 0.000000203. The first-order valence-corrected chi connectivity index (χ1v) is 12.5. The number of nitrogens with zero attached hydrogens (tertiary/aromatic N) is 1. The van der Waals surface area contributed by atoms with Crippen LogP contribution in [0.1, 0.15) is 16.7 Å². The Morgan fingerprint density at radius 3 is 2.18 bits per heavy atom. The van der Waals surface area contributed by atoms with Crippen LogP contribution in [0, 0.1) is 0 Å². The molecule has 2 aromatic carbocycles. The molecule has 0 radical (unpaired) electrons. The molecule has 9 heteroatoms. The quantitative estimate of drug-likeness (QED) is 0.270. The highest BCUT2D eigenvalue weighted by atomic mass is 32.2. The zero-order chi connectivity index (χ0) is 24.0. The highest BCUT2D eigenvalue weighted by molar-refractivity contribution is 7.88. The molecule has 0 saturated heterocycles. The second kappa shape index (κ2) is 10.8. The van der Waals surface area contributed by atoms with Crippen LogP contribution in [-0.4, -0.2) is 62.6 Å². The fourth-order valence-electron chi connectivity index (χ4n) is 3.69. The second-order valence-corrected chi connectivity index (χ2v) is 10.2. The van der Waals surface area contributed by atoms with Gasteiger partial charge in [0, 0.05) is 40.7 Å². The van der Waals surface area contributed by atoms with Crippen molar-refractivity contribution in [2.45, 2.75) is 18.6 Å². The Morgan fingerprint density at radius 1 is 0.970 bits per heavy atom. The lowest BCUT2D eigenvalue weighted by atomic mass is 10.1. The molecule has 4 rings (SSSR count). The minimum absolute atomic E-state index is 0.0116. The lowest BCUT2D eigenvalue weighted by Gasteiger charge is -2.08. The van der Waals surface area contributed by atoms with Crippen LogP contribution in [0.2, 0.25) is 0 Å². The largest absolute Gasteiger partial charge is 0.508 e. The number of aromatic hydroxyl groups is 1. The van der Waals surface area contributed by atoms with Crippen LogP contribution in [0.15, 0.2) is 48.8 Å². The molecular formula is C24H33N5O3S. The number of rotatable bonds is 8. The molecule has 0 spiro atoms. The number of hydrogen-bond donors (Lipinski definition) is 5. The summed E-state index contributed by atoms with van der Waals surface area (Å²) in [6.07, 6.45) is 5.72. The normalized spacial score (nSPS) is 11.8. The van der Waals surface area contributed by atoms with Crippen molar-refractivity contribution in [3.63, 3.8) is 0 Å². The van der Waals surface area contributed by atoms with Crippen molar-refractivity contribution in [3.05, 3.63) is 65.5 Å². The number of aromatic amines is 2. The number of likely N-dealkylation sites (N-methyl/N-ethyl adjacent to an activating group) is 1. The van der Waals surface area contributed by atoms with Gasteiger partial charge in [-0.05, 0) is 87.6 Å². The fourth-order valence-corrected chi connectivity index (χ4v) is 4.45. The third-order valence-corrected chi connectivity index (χ3v) is 6.83. The van der Waals surface area contributed by atoms with Crippen molar-refractivity contribution in [2.24, 2.45) is 5.73 Å². The highest BCUT2D eigenvalue weighted by Crippen LogP contribution is 2.23. The monoisotopic (exact) mass is 471 g/mol. The summed E-state index contributed by atoms with van der Waals surface area (Å²) in [6, 6.07) is 11.1. The molecule has 33 heavy (non-hydrogen) atoms. The SMILES string of the molecule is CNS(=O)(=O)Cc1ccc2[nH]cc(CCN(C)C)c2c1.NCCc1c[nH]c2ccc(O)cc12. The van der Waals surface area contributed by atoms with Crippen molar-refractivity contribution in [2.75, 3.05) is 34.2 Å². The maximum absolute atomic E-state index is 11.6. The van der Waals surface area contributed by atoms with E-state index in [-0.39, 0.29) is 5.75 Å². The van der Waals surface area contributed by atoms with E-state index in [1.165, 1.54) is 12.6 Å². The Kier molecular flexibility index (Phi) is 8.15. The number of benzene rings is 2. The van der Waals surface area contributed by atoms with Crippen LogP contribution >= 0.6 is 0 Å². The molecule has 4 aromatic rings. The molecule has 0 atom stereocenters. The van der Waals surface area contributed by atoms with Gasteiger partial charge in [0.1, 0.15) is 5.75 Å². The summed E-state index contributed by atoms with van der Waals surface area (Å²) in [5, 5.41) is 11.5. The average molecular weight is 472 g/mol. The van der Waals surface area contributed by atoms with Gasteiger partial charge in [0.25, 0.3) is 0 Å². The van der Waals surface area contributed by atoms with Gasteiger partial charge in [-0.25, -0.2) is 13.1 Å². The first-order valence-electron chi connectivity index (χ1n) is 10.9. The van der Waals surface area contributed by atoms with Crippen molar-refractivity contribution >= 4 is 31.8 Å². The van der Waals surface area contributed by atoms with Crippen molar-refractivity contribution in [3.8, 4) is 5.75 Å². The van der Waals surface area contributed by atoms with E-state index in [1.807, 2.05) is 50.8 Å². The van der Waals surface area contributed by atoms with E-state index in [0.29, 0.717) is 12.3 Å². The van der Waals surface area contributed by atoms with Crippen LogP contribution in [0.5, 0.6) is 5.75 Å². The Hall–Kier alpha value is -2.85. The Bertz CT molecular complexity index is 1310. The van der Waals surface area contributed by atoms with Crippen molar-refractivity contribution < 1.29 is 13.5 Å². The van der Waals surface area contributed by atoms with Gasteiger partial charge in [-0.3, -0.25) is 0 Å². The summed E-state index contributed by atoms with van der Waals surface area (Å²) in [4.78, 5) is 8.50. The van der Waals surface area contributed by atoms with E-state index in [0.717, 1.165) is 52.3 Å². The maximum Gasteiger partial charge on any atom is 0.215 e. The van der Waals surface area contributed by atoms with Gasteiger partial charge < -0.3 is 25.7 Å². The molecule has 178 valence electrons. The van der Waals surface area contributed by atoms with Crippen LogP contribution < -0.4 is 10.5 Å². The molecule has 0 bridgehead atoms. The summed E-state index contributed by atoms with van der Waals surface area (Å²) in [5.41, 5.74) is 10.7. The first kappa shape index (κ1) is 24.8. The van der Waals surface area contributed by atoms with E-state index in [1.54, 1.807) is 12.1 Å². The summed E-state index contributed by atoms with van der Waals surface area (Å²) >= 11 is 0. The molecule has 2 aromatic heterocycles. The molecule has 0 saturated carbocycles. The van der Waals surface area contributed by atoms with Gasteiger partial charge in [-0.2, -0.15) is 0 Å². The summed E-state index contributed by atoms with van der Waals surface area (Å²) in [5.74, 6) is 0.308. The molecule has 0 fully saturated rings. The number of nitrogens with one attached hydrogen (secondary N) is 3. The Morgan fingerprint density at radius 2 is 1.58 bits per heavy atom. The second-order valence-electron chi connectivity index (χ2n) is 8.29. The summed E-state index contributed by atoms with van der Waals surface area (Å²) in [6.45, 7) is 1.59. The first-order chi connectivity index (χ1) is 15.7. The number of hydrogen-bond acceptors (Lipinski definition) is 5. The van der Waals surface area contributed by atoms with Crippen LogP contribution in [0.3, 0.4) is 0 Å². The average Bonchev–Trinajstić information content (AvgIpc) is 3.36. The zero-order valence-corrected chi connectivity index (χ0v) is 20.2. The molecule has 8 nitrogen and oxygen atoms in total. The summed E-state index contributed by atoms with van der Waals surface area (Å²) in [7, 11) is 2.29. The topological polar surface area (TPSA) is 127 Å². The van der Waals surface area contributed by atoms with E-state index in [4.69, 9.17) is 5.73 Å².